The van der Waals surface area contributed by atoms with Crippen LogP contribution in [-0.4, -0.2) is 74.2 Å². The molecule has 0 N–H and O–H groups in total. The molecule has 2 aliphatic rings. The van der Waals surface area contributed by atoms with Gasteiger partial charge < -0.3 is 4.90 Å². The maximum Gasteiger partial charge on any atom is 0.253 e. The summed E-state index contributed by atoms with van der Waals surface area (Å²) >= 11 is 0. The summed E-state index contributed by atoms with van der Waals surface area (Å²) in [7, 11) is -1.87. The summed E-state index contributed by atoms with van der Waals surface area (Å²) < 4.78 is 27.6. The van der Waals surface area contributed by atoms with E-state index in [1.54, 1.807) is 31.3 Å². The molecule has 0 atom stereocenters. The first kappa shape index (κ1) is 24.6. The zero-order chi connectivity index (χ0) is 24.0. The molecule has 0 aromatic heterocycles. The van der Waals surface area contributed by atoms with Crippen molar-refractivity contribution >= 4 is 22.0 Å². The van der Waals surface area contributed by atoms with E-state index in [1.807, 2.05) is 23.1 Å². The maximum atomic E-state index is 13.0. The van der Waals surface area contributed by atoms with Gasteiger partial charge in [0.1, 0.15) is 0 Å². The zero-order valence-corrected chi connectivity index (χ0v) is 20.8. The number of carbonyl (C=O) groups excluding carboxylic acids is 1. The number of piperazine rings is 1. The van der Waals surface area contributed by atoms with Crippen molar-refractivity contribution in [3.8, 4) is 0 Å². The highest BCUT2D eigenvalue weighted by molar-refractivity contribution is 7.89. The molecule has 0 unspecified atom stereocenters. The molecular weight excluding hydrogens is 446 g/mol. The Balaban J connectivity index is 1.30. The molecule has 2 aromatic rings. The van der Waals surface area contributed by atoms with Crippen LogP contribution in [0.15, 0.2) is 65.6 Å². The van der Waals surface area contributed by atoms with E-state index in [0.29, 0.717) is 18.7 Å². The van der Waals surface area contributed by atoms with Crippen molar-refractivity contribution in [1.29, 1.82) is 0 Å². The Kier molecular flexibility index (Phi) is 8.19. The van der Waals surface area contributed by atoms with Gasteiger partial charge in [-0.05, 0) is 42.7 Å². The number of benzene rings is 2. The summed E-state index contributed by atoms with van der Waals surface area (Å²) in [5, 5.41) is 0. The number of hydrogen-bond acceptors (Lipinski definition) is 4. The van der Waals surface area contributed by atoms with E-state index in [4.69, 9.17) is 0 Å². The van der Waals surface area contributed by atoms with Gasteiger partial charge in [-0.3, -0.25) is 9.69 Å². The highest BCUT2D eigenvalue weighted by Gasteiger charge is 2.29. The molecule has 0 spiro atoms. The molecule has 7 heteroatoms. The van der Waals surface area contributed by atoms with Crippen LogP contribution < -0.4 is 0 Å². The lowest BCUT2D eigenvalue weighted by molar-refractivity contribution is 0.0650. The number of carbonyl (C=O) groups is 1. The van der Waals surface area contributed by atoms with Gasteiger partial charge in [-0.2, -0.15) is 4.31 Å². The SMILES string of the molecule is CN(C1CCCCC1)S(=O)(=O)c1ccc(C(=O)N2CCN(CC=Cc3ccccc3)CC2)cc1. The quantitative estimate of drug-likeness (QED) is 0.597. The molecule has 1 heterocycles. The Morgan fingerprint density at radius 3 is 2.24 bits per heavy atom. The minimum absolute atomic E-state index is 0.0379. The van der Waals surface area contributed by atoms with Crippen molar-refractivity contribution in [2.24, 2.45) is 0 Å². The van der Waals surface area contributed by atoms with Crippen LogP contribution in [-0.2, 0) is 10.0 Å². The number of hydrogen-bond donors (Lipinski definition) is 0. The van der Waals surface area contributed by atoms with E-state index in [-0.39, 0.29) is 16.8 Å². The number of amides is 1. The standard InChI is InChI=1S/C27H35N3O3S/c1-28(25-12-6-3-7-13-25)34(32,33)26-16-14-24(15-17-26)27(31)30-21-19-29(20-22-30)18-8-11-23-9-4-2-5-10-23/h2,4-5,8-11,14-17,25H,3,6-7,12-13,18-22H2,1H3. The smallest absolute Gasteiger partial charge is 0.253 e. The molecule has 1 amide bonds. The fourth-order valence-electron chi connectivity index (χ4n) is 4.79. The van der Waals surface area contributed by atoms with Crippen LogP contribution in [0.25, 0.3) is 6.08 Å². The molecule has 1 saturated carbocycles. The molecule has 0 bridgehead atoms. The molecule has 34 heavy (non-hydrogen) atoms. The third kappa shape index (κ3) is 5.95. The number of rotatable bonds is 7. The van der Waals surface area contributed by atoms with E-state index in [1.165, 1.54) is 16.3 Å². The summed E-state index contributed by atoms with van der Waals surface area (Å²) in [5.41, 5.74) is 1.73. The van der Waals surface area contributed by atoms with Crippen LogP contribution in [0.1, 0.15) is 48.0 Å². The Morgan fingerprint density at radius 1 is 0.941 bits per heavy atom. The van der Waals surface area contributed by atoms with Crippen LogP contribution >= 0.6 is 0 Å². The Labute approximate surface area is 203 Å². The van der Waals surface area contributed by atoms with Crippen LogP contribution in [0.5, 0.6) is 0 Å². The first-order chi connectivity index (χ1) is 16.4. The van der Waals surface area contributed by atoms with E-state index in [0.717, 1.165) is 45.3 Å². The normalized spacial score (nSPS) is 18.6. The van der Waals surface area contributed by atoms with Gasteiger partial charge in [-0.1, -0.05) is 61.7 Å². The van der Waals surface area contributed by atoms with Gasteiger partial charge in [0.15, 0.2) is 0 Å². The largest absolute Gasteiger partial charge is 0.336 e. The lowest BCUT2D eigenvalue weighted by Gasteiger charge is -2.34. The predicted octanol–water partition coefficient (Wildman–Crippen LogP) is 4.11. The van der Waals surface area contributed by atoms with Gasteiger partial charge in [-0.15, -0.1) is 0 Å². The molecule has 1 saturated heterocycles. The molecule has 2 fully saturated rings. The lowest BCUT2D eigenvalue weighted by atomic mass is 9.96. The highest BCUT2D eigenvalue weighted by atomic mass is 32.2. The van der Waals surface area contributed by atoms with Crippen molar-refractivity contribution in [3.63, 3.8) is 0 Å². The van der Waals surface area contributed by atoms with Gasteiger partial charge in [-0.25, -0.2) is 8.42 Å². The Morgan fingerprint density at radius 2 is 1.59 bits per heavy atom. The van der Waals surface area contributed by atoms with Crippen LogP contribution in [0, 0.1) is 0 Å². The topological polar surface area (TPSA) is 60.9 Å². The molecule has 1 aliphatic carbocycles. The third-order valence-electron chi connectivity index (χ3n) is 7.00. The van der Waals surface area contributed by atoms with Gasteiger partial charge in [0.05, 0.1) is 4.90 Å². The average Bonchev–Trinajstić information content (AvgIpc) is 2.89. The van der Waals surface area contributed by atoms with Gasteiger partial charge in [0, 0.05) is 51.4 Å². The van der Waals surface area contributed by atoms with Crippen molar-refractivity contribution in [3.05, 3.63) is 71.8 Å². The second-order valence-corrected chi connectivity index (χ2v) is 11.2. The van der Waals surface area contributed by atoms with E-state index < -0.39 is 10.0 Å². The maximum absolute atomic E-state index is 13.0. The van der Waals surface area contributed by atoms with Crippen molar-refractivity contribution < 1.29 is 13.2 Å². The minimum Gasteiger partial charge on any atom is -0.336 e. The molecule has 4 rings (SSSR count). The van der Waals surface area contributed by atoms with E-state index in [2.05, 4.69) is 29.2 Å². The summed E-state index contributed by atoms with van der Waals surface area (Å²) in [6, 6.07) is 16.8. The average molecular weight is 482 g/mol. The Bertz CT molecular complexity index is 1070. The summed E-state index contributed by atoms with van der Waals surface area (Å²) in [6.45, 7) is 3.84. The van der Waals surface area contributed by atoms with Gasteiger partial charge in [0.25, 0.3) is 5.91 Å². The fraction of sp³-hybridized carbons (Fsp3) is 0.444. The summed E-state index contributed by atoms with van der Waals surface area (Å²) in [4.78, 5) is 17.4. The van der Waals surface area contributed by atoms with Crippen LogP contribution in [0.3, 0.4) is 0 Å². The second kappa shape index (κ2) is 11.3. The predicted molar refractivity (Wildman–Crippen MR) is 136 cm³/mol. The molecule has 6 nitrogen and oxygen atoms in total. The first-order valence-electron chi connectivity index (χ1n) is 12.3. The number of nitrogens with zero attached hydrogens (tertiary/aromatic N) is 3. The fourth-order valence-corrected chi connectivity index (χ4v) is 6.21. The van der Waals surface area contributed by atoms with Crippen LogP contribution in [0.4, 0.5) is 0 Å². The highest BCUT2D eigenvalue weighted by Crippen LogP contribution is 2.26. The molecule has 182 valence electrons. The van der Waals surface area contributed by atoms with Crippen molar-refractivity contribution in [2.45, 2.75) is 43.0 Å². The molecule has 1 aliphatic heterocycles. The van der Waals surface area contributed by atoms with E-state index in [9.17, 15) is 13.2 Å². The summed E-state index contributed by atoms with van der Waals surface area (Å²) in [6.07, 6.45) is 9.46. The van der Waals surface area contributed by atoms with Gasteiger partial charge in [0.2, 0.25) is 10.0 Å². The van der Waals surface area contributed by atoms with Crippen molar-refractivity contribution in [1.82, 2.24) is 14.1 Å². The summed E-state index contributed by atoms with van der Waals surface area (Å²) in [5.74, 6) is -0.0379. The van der Waals surface area contributed by atoms with Crippen molar-refractivity contribution in [2.75, 3.05) is 39.8 Å². The third-order valence-corrected chi connectivity index (χ3v) is 8.92. The van der Waals surface area contributed by atoms with Crippen LogP contribution in [0.2, 0.25) is 0 Å². The minimum atomic E-state index is -3.55. The first-order valence-corrected chi connectivity index (χ1v) is 13.7. The lowest BCUT2D eigenvalue weighted by Crippen LogP contribution is -2.48. The second-order valence-electron chi connectivity index (χ2n) is 9.24. The zero-order valence-electron chi connectivity index (χ0n) is 20.0. The molecule has 0 radical (unpaired) electrons. The van der Waals surface area contributed by atoms with E-state index >= 15 is 0 Å². The Hall–Kier alpha value is -2.48. The number of sulfonamides is 1. The molecule has 2 aromatic carbocycles. The monoisotopic (exact) mass is 481 g/mol. The van der Waals surface area contributed by atoms with Gasteiger partial charge >= 0.3 is 0 Å². The molecular formula is C27H35N3O3S.